The first-order valence-electron chi connectivity index (χ1n) is 5.33. The van der Waals surface area contributed by atoms with Crippen LogP contribution in [0.15, 0.2) is 35.4 Å². The van der Waals surface area contributed by atoms with Gasteiger partial charge in [0.15, 0.2) is 5.65 Å². The summed E-state index contributed by atoms with van der Waals surface area (Å²) in [5.74, 6) is 0.869. The van der Waals surface area contributed by atoms with Crippen LogP contribution in [0.3, 0.4) is 0 Å². The van der Waals surface area contributed by atoms with Gasteiger partial charge < -0.3 is 5.32 Å². The number of anilines is 1. The number of aromatic nitrogens is 4. The van der Waals surface area contributed by atoms with Crippen LogP contribution in [0.2, 0.25) is 0 Å². The van der Waals surface area contributed by atoms with Gasteiger partial charge in [-0.2, -0.15) is 5.10 Å². The fraction of sp³-hybridized carbons (Fsp3) is 0.182. The van der Waals surface area contributed by atoms with Crippen LogP contribution in [0, 0.1) is 0 Å². The van der Waals surface area contributed by atoms with Crippen molar-refractivity contribution in [3.63, 3.8) is 0 Å². The molecule has 3 aromatic rings. The maximum absolute atomic E-state index is 4.43. The Labute approximate surface area is 102 Å². The molecule has 17 heavy (non-hydrogen) atoms. The van der Waals surface area contributed by atoms with E-state index in [2.05, 4.69) is 25.8 Å². The lowest BCUT2D eigenvalue weighted by Gasteiger charge is -2.04. The molecule has 0 radical (unpaired) electrons. The molecule has 0 saturated carbocycles. The topological polar surface area (TPSA) is 55.1 Å². The molecule has 86 valence electrons. The van der Waals surface area contributed by atoms with Crippen LogP contribution in [0.25, 0.3) is 5.65 Å². The fourth-order valence-corrected chi connectivity index (χ4v) is 2.18. The van der Waals surface area contributed by atoms with Crippen LogP contribution < -0.4 is 5.32 Å². The summed E-state index contributed by atoms with van der Waals surface area (Å²) in [4.78, 5) is 8.66. The SMILES string of the molecule is c1cc2nc(NCCc3cscn3)ccn2n1. The van der Waals surface area contributed by atoms with Crippen molar-refractivity contribution in [2.45, 2.75) is 6.42 Å². The molecule has 1 N–H and O–H groups in total. The average molecular weight is 245 g/mol. The van der Waals surface area contributed by atoms with Crippen molar-refractivity contribution in [2.24, 2.45) is 0 Å². The first-order chi connectivity index (χ1) is 8.42. The second-order valence-electron chi connectivity index (χ2n) is 3.60. The first-order valence-corrected chi connectivity index (χ1v) is 6.27. The molecule has 0 aliphatic heterocycles. The van der Waals surface area contributed by atoms with Gasteiger partial charge in [0.05, 0.1) is 17.4 Å². The Bertz CT molecular complexity index is 601. The highest BCUT2D eigenvalue weighted by atomic mass is 32.1. The van der Waals surface area contributed by atoms with Gasteiger partial charge >= 0.3 is 0 Å². The minimum absolute atomic E-state index is 0.834. The maximum Gasteiger partial charge on any atom is 0.157 e. The van der Waals surface area contributed by atoms with E-state index in [0.29, 0.717) is 0 Å². The summed E-state index contributed by atoms with van der Waals surface area (Å²) in [5.41, 5.74) is 3.82. The van der Waals surface area contributed by atoms with Gasteiger partial charge in [0.25, 0.3) is 0 Å². The van der Waals surface area contributed by atoms with Crippen LogP contribution in [0.1, 0.15) is 5.69 Å². The molecule has 0 aliphatic carbocycles. The highest BCUT2D eigenvalue weighted by Gasteiger charge is 1.99. The summed E-state index contributed by atoms with van der Waals surface area (Å²) in [6.45, 7) is 0.834. The number of nitrogens with zero attached hydrogens (tertiary/aromatic N) is 4. The van der Waals surface area contributed by atoms with Crippen molar-refractivity contribution in [1.82, 2.24) is 19.6 Å². The van der Waals surface area contributed by atoms with E-state index in [0.717, 1.165) is 30.1 Å². The Kier molecular flexibility index (Phi) is 2.71. The Morgan fingerprint density at radius 1 is 1.35 bits per heavy atom. The zero-order chi connectivity index (χ0) is 11.5. The molecule has 3 rings (SSSR count). The number of hydrogen-bond donors (Lipinski definition) is 1. The Morgan fingerprint density at radius 3 is 3.24 bits per heavy atom. The van der Waals surface area contributed by atoms with E-state index < -0.39 is 0 Å². The van der Waals surface area contributed by atoms with E-state index >= 15 is 0 Å². The van der Waals surface area contributed by atoms with Gasteiger partial charge in [-0.3, -0.25) is 0 Å². The molecule has 6 heteroatoms. The second-order valence-corrected chi connectivity index (χ2v) is 4.32. The zero-order valence-electron chi connectivity index (χ0n) is 9.08. The summed E-state index contributed by atoms with van der Waals surface area (Å²) < 4.78 is 1.74. The third kappa shape index (κ3) is 2.26. The number of nitrogens with one attached hydrogen (secondary N) is 1. The van der Waals surface area contributed by atoms with E-state index in [1.54, 1.807) is 22.0 Å². The molecule has 0 bridgehead atoms. The van der Waals surface area contributed by atoms with E-state index in [1.165, 1.54) is 0 Å². The summed E-state index contributed by atoms with van der Waals surface area (Å²) >= 11 is 1.62. The number of fused-ring (bicyclic) bond motifs is 1. The lowest BCUT2D eigenvalue weighted by atomic mass is 10.3. The molecule has 5 nitrogen and oxygen atoms in total. The Hall–Kier alpha value is -1.95. The minimum atomic E-state index is 0.834. The van der Waals surface area contributed by atoms with Gasteiger partial charge in [0.1, 0.15) is 5.82 Å². The van der Waals surface area contributed by atoms with Crippen LogP contribution in [0.4, 0.5) is 5.82 Å². The van der Waals surface area contributed by atoms with E-state index in [9.17, 15) is 0 Å². The molecule has 0 amide bonds. The second kappa shape index (κ2) is 4.50. The molecule has 3 aromatic heterocycles. The first kappa shape index (κ1) is 10.2. The monoisotopic (exact) mass is 245 g/mol. The van der Waals surface area contributed by atoms with Gasteiger partial charge in [0.2, 0.25) is 0 Å². The predicted molar refractivity (Wildman–Crippen MR) is 67.3 cm³/mol. The number of hydrogen-bond acceptors (Lipinski definition) is 5. The highest BCUT2D eigenvalue weighted by Crippen LogP contribution is 2.06. The van der Waals surface area contributed by atoms with Crippen molar-refractivity contribution >= 4 is 22.8 Å². The summed E-state index contributed by atoms with van der Waals surface area (Å²) in [6, 6.07) is 3.80. The average Bonchev–Trinajstić information content (AvgIpc) is 2.98. The molecular weight excluding hydrogens is 234 g/mol. The zero-order valence-corrected chi connectivity index (χ0v) is 9.89. The van der Waals surface area contributed by atoms with Gasteiger partial charge in [0, 0.05) is 30.6 Å². The quantitative estimate of drug-likeness (QED) is 0.762. The Balaban J connectivity index is 1.64. The lowest BCUT2D eigenvalue weighted by molar-refractivity contribution is 0.927. The summed E-state index contributed by atoms with van der Waals surface area (Å²) in [6.07, 6.45) is 4.55. The lowest BCUT2D eigenvalue weighted by Crippen LogP contribution is -2.07. The van der Waals surface area contributed by atoms with Gasteiger partial charge in [-0.15, -0.1) is 11.3 Å². The van der Waals surface area contributed by atoms with Crippen molar-refractivity contribution < 1.29 is 0 Å². The molecule has 0 spiro atoms. The molecule has 0 aromatic carbocycles. The van der Waals surface area contributed by atoms with Gasteiger partial charge in [-0.25, -0.2) is 14.5 Å². The third-order valence-electron chi connectivity index (χ3n) is 2.43. The highest BCUT2D eigenvalue weighted by molar-refractivity contribution is 7.07. The molecule has 0 unspecified atom stereocenters. The number of thiazole rings is 1. The summed E-state index contributed by atoms with van der Waals surface area (Å²) in [7, 11) is 0. The largest absolute Gasteiger partial charge is 0.370 e. The molecule has 0 aliphatic rings. The van der Waals surface area contributed by atoms with Crippen LogP contribution >= 0.6 is 11.3 Å². The van der Waals surface area contributed by atoms with Gasteiger partial charge in [-0.1, -0.05) is 0 Å². The Morgan fingerprint density at radius 2 is 2.35 bits per heavy atom. The van der Waals surface area contributed by atoms with Gasteiger partial charge in [-0.05, 0) is 6.07 Å². The number of rotatable bonds is 4. The van der Waals surface area contributed by atoms with Crippen molar-refractivity contribution in [1.29, 1.82) is 0 Å². The maximum atomic E-state index is 4.43. The smallest absolute Gasteiger partial charge is 0.157 e. The van der Waals surface area contributed by atoms with E-state index in [-0.39, 0.29) is 0 Å². The van der Waals surface area contributed by atoms with Crippen molar-refractivity contribution in [3.8, 4) is 0 Å². The molecule has 0 fully saturated rings. The van der Waals surface area contributed by atoms with Crippen LogP contribution in [-0.4, -0.2) is 26.1 Å². The van der Waals surface area contributed by atoms with Crippen molar-refractivity contribution in [3.05, 3.63) is 41.1 Å². The normalized spacial score (nSPS) is 10.8. The molecule has 0 saturated heterocycles. The predicted octanol–water partition coefficient (Wildman–Crippen LogP) is 1.84. The van der Waals surface area contributed by atoms with Crippen LogP contribution in [0.5, 0.6) is 0 Å². The molecular formula is C11H11N5S. The third-order valence-corrected chi connectivity index (χ3v) is 3.06. The van der Waals surface area contributed by atoms with E-state index in [4.69, 9.17) is 0 Å². The standard InChI is InChI=1S/C11H11N5S/c1(9-7-17-8-13-9)4-12-10-3-6-16-11(15-10)2-5-14-16/h2-3,5-8H,1,4H2,(H,12,15). The fourth-order valence-electron chi connectivity index (χ4n) is 1.59. The van der Waals surface area contributed by atoms with Crippen LogP contribution in [-0.2, 0) is 6.42 Å². The molecule has 0 atom stereocenters. The van der Waals surface area contributed by atoms with Crippen molar-refractivity contribution in [2.75, 3.05) is 11.9 Å². The molecule has 3 heterocycles. The summed E-state index contributed by atoms with van der Waals surface area (Å²) in [5, 5.41) is 9.44. The minimum Gasteiger partial charge on any atom is -0.370 e. The van der Waals surface area contributed by atoms with E-state index in [1.807, 2.05) is 23.8 Å².